The third kappa shape index (κ3) is 4.82. The normalized spacial score (nSPS) is 11.2. The molecule has 0 saturated heterocycles. The second-order valence-electron chi connectivity index (χ2n) is 3.08. The van der Waals surface area contributed by atoms with E-state index in [2.05, 4.69) is 30.1 Å². The summed E-state index contributed by atoms with van der Waals surface area (Å²) in [5.74, 6) is 0.858. The predicted molar refractivity (Wildman–Crippen MR) is 61.6 cm³/mol. The molecule has 14 heavy (non-hydrogen) atoms. The first-order valence-electron chi connectivity index (χ1n) is 4.73. The maximum Gasteiger partial charge on any atom is 0.128 e. The summed E-state index contributed by atoms with van der Waals surface area (Å²) in [5.41, 5.74) is 0.975. The maximum atomic E-state index is 5.02. The van der Waals surface area contributed by atoms with Crippen LogP contribution in [-0.2, 0) is 4.74 Å². The van der Waals surface area contributed by atoms with Crippen molar-refractivity contribution >= 4 is 6.72 Å². The Kier molecular flexibility index (Phi) is 6.76. The highest BCUT2D eigenvalue weighted by atomic mass is 16.5. The summed E-state index contributed by atoms with van der Waals surface area (Å²) >= 11 is 0. The summed E-state index contributed by atoms with van der Waals surface area (Å²) in [7, 11) is 1.69. The molecule has 0 rings (SSSR count). The second kappa shape index (κ2) is 7.33. The molecular weight excluding hydrogens is 176 g/mol. The van der Waals surface area contributed by atoms with Crippen molar-refractivity contribution in [2.24, 2.45) is 4.99 Å². The van der Waals surface area contributed by atoms with E-state index in [0.717, 1.165) is 24.5 Å². The smallest absolute Gasteiger partial charge is 0.128 e. The predicted octanol–water partition coefficient (Wildman–Crippen LogP) is 2.07. The number of ether oxygens (including phenoxy) is 1. The Bertz CT molecular complexity index is 221. The highest BCUT2D eigenvalue weighted by molar-refractivity contribution is 5.31. The molecule has 0 N–H and O–H groups in total. The van der Waals surface area contributed by atoms with Gasteiger partial charge in [-0.3, -0.25) is 0 Å². The Morgan fingerprint density at radius 3 is 2.57 bits per heavy atom. The van der Waals surface area contributed by atoms with Crippen molar-refractivity contribution in [1.82, 2.24) is 4.90 Å². The second-order valence-corrected chi connectivity index (χ2v) is 3.08. The Morgan fingerprint density at radius 2 is 2.21 bits per heavy atom. The third-order valence-corrected chi connectivity index (χ3v) is 1.81. The first kappa shape index (κ1) is 12.9. The zero-order chi connectivity index (χ0) is 11.0. The lowest BCUT2D eigenvalue weighted by Crippen LogP contribution is -2.25. The fourth-order valence-electron chi connectivity index (χ4n) is 1.09. The lowest BCUT2D eigenvalue weighted by molar-refractivity contribution is 0.166. The molecule has 0 saturated carbocycles. The van der Waals surface area contributed by atoms with Gasteiger partial charge < -0.3 is 9.64 Å². The van der Waals surface area contributed by atoms with Crippen molar-refractivity contribution in [2.75, 3.05) is 26.8 Å². The van der Waals surface area contributed by atoms with Crippen molar-refractivity contribution < 1.29 is 4.74 Å². The fraction of sp³-hybridized carbons (Fsp3) is 0.545. The molecule has 0 spiro atoms. The summed E-state index contributed by atoms with van der Waals surface area (Å²) in [6.45, 7) is 13.8. The summed E-state index contributed by atoms with van der Waals surface area (Å²) in [6, 6.07) is 0. The van der Waals surface area contributed by atoms with E-state index >= 15 is 0 Å². The molecule has 3 nitrogen and oxygen atoms in total. The minimum absolute atomic E-state index is 0.691. The van der Waals surface area contributed by atoms with Crippen LogP contribution < -0.4 is 0 Å². The average molecular weight is 196 g/mol. The number of hydrogen-bond donors (Lipinski definition) is 0. The SMILES string of the molecule is C=N/C(=C\C(=C)C)N(CC)CCOC. The zero-order valence-electron chi connectivity index (χ0n) is 9.42. The van der Waals surface area contributed by atoms with Gasteiger partial charge in [0.1, 0.15) is 5.82 Å². The van der Waals surface area contributed by atoms with Crippen LogP contribution >= 0.6 is 0 Å². The van der Waals surface area contributed by atoms with Crippen LogP contribution in [0.15, 0.2) is 29.0 Å². The van der Waals surface area contributed by atoms with Gasteiger partial charge in [-0.15, -0.1) is 0 Å². The van der Waals surface area contributed by atoms with Gasteiger partial charge >= 0.3 is 0 Å². The third-order valence-electron chi connectivity index (χ3n) is 1.81. The standard InChI is InChI=1S/C11H20N2O/c1-6-13(7-8-14-5)11(12-4)9-10(2)3/h9H,2,4,6-8H2,1,3,5H3/b11-9+. The number of nitrogens with zero attached hydrogens (tertiary/aromatic N) is 2. The van der Waals surface area contributed by atoms with Gasteiger partial charge in [0.05, 0.1) is 6.61 Å². The topological polar surface area (TPSA) is 24.8 Å². The maximum absolute atomic E-state index is 5.02. The molecule has 0 aliphatic carbocycles. The van der Waals surface area contributed by atoms with Crippen molar-refractivity contribution in [3.63, 3.8) is 0 Å². The van der Waals surface area contributed by atoms with Crippen molar-refractivity contribution in [1.29, 1.82) is 0 Å². The number of allylic oxidation sites excluding steroid dienone is 2. The van der Waals surface area contributed by atoms with E-state index in [1.54, 1.807) is 7.11 Å². The molecule has 3 heteroatoms. The van der Waals surface area contributed by atoms with Crippen molar-refractivity contribution in [3.8, 4) is 0 Å². The minimum atomic E-state index is 0.691. The fourth-order valence-corrected chi connectivity index (χ4v) is 1.09. The van der Waals surface area contributed by atoms with E-state index in [1.165, 1.54) is 0 Å². The highest BCUT2D eigenvalue weighted by Gasteiger charge is 2.04. The Labute approximate surface area is 86.8 Å². The van der Waals surface area contributed by atoms with Gasteiger partial charge in [-0.05, 0) is 26.6 Å². The van der Waals surface area contributed by atoms with Crippen LogP contribution in [0.5, 0.6) is 0 Å². The number of rotatable bonds is 7. The summed E-state index contributed by atoms with van der Waals surface area (Å²) in [5, 5.41) is 0. The van der Waals surface area contributed by atoms with Gasteiger partial charge in [0.15, 0.2) is 0 Å². The van der Waals surface area contributed by atoms with Crippen LogP contribution in [0.4, 0.5) is 0 Å². The molecule has 0 aliphatic rings. The minimum Gasteiger partial charge on any atom is -0.383 e. The molecule has 0 fully saturated rings. The van der Waals surface area contributed by atoms with E-state index < -0.39 is 0 Å². The quantitative estimate of drug-likeness (QED) is 0.460. The van der Waals surface area contributed by atoms with Crippen LogP contribution in [0, 0.1) is 0 Å². The summed E-state index contributed by atoms with van der Waals surface area (Å²) < 4.78 is 5.02. The molecule has 0 amide bonds. The molecular formula is C11H20N2O. The van der Waals surface area contributed by atoms with Gasteiger partial charge in [-0.2, -0.15) is 0 Å². The molecule has 0 bridgehead atoms. The monoisotopic (exact) mass is 196 g/mol. The molecule has 0 aromatic rings. The Morgan fingerprint density at radius 1 is 1.57 bits per heavy atom. The van der Waals surface area contributed by atoms with E-state index in [4.69, 9.17) is 4.74 Å². The molecule has 0 aromatic heterocycles. The Balaban J connectivity index is 4.44. The van der Waals surface area contributed by atoms with Gasteiger partial charge in [-0.1, -0.05) is 12.2 Å². The Hall–Kier alpha value is -1.09. The molecule has 0 aliphatic heterocycles. The van der Waals surface area contributed by atoms with Crippen LogP contribution in [0.1, 0.15) is 13.8 Å². The van der Waals surface area contributed by atoms with Crippen LogP contribution in [0.3, 0.4) is 0 Å². The molecule has 80 valence electrons. The molecule has 0 atom stereocenters. The average Bonchev–Trinajstić information content (AvgIpc) is 2.16. The first-order chi connectivity index (χ1) is 6.65. The molecule has 0 radical (unpaired) electrons. The molecule has 0 unspecified atom stereocenters. The number of methoxy groups -OCH3 is 1. The number of hydrogen-bond acceptors (Lipinski definition) is 3. The lowest BCUT2D eigenvalue weighted by Gasteiger charge is -2.22. The van der Waals surface area contributed by atoms with Gasteiger partial charge in [0, 0.05) is 20.2 Å². The van der Waals surface area contributed by atoms with E-state index in [9.17, 15) is 0 Å². The molecule has 0 heterocycles. The van der Waals surface area contributed by atoms with E-state index in [1.807, 2.05) is 13.0 Å². The van der Waals surface area contributed by atoms with Crippen LogP contribution in [0.2, 0.25) is 0 Å². The van der Waals surface area contributed by atoms with Gasteiger partial charge in [0.25, 0.3) is 0 Å². The van der Waals surface area contributed by atoms with Crippen molar-refractivity contribution in [2.45, 2.75) is 13.8 Å². The van der Waals surface area contributed by atoms with Crippen molar-refractivity contribution in [3.05, 3.63) is 24.0 Å². The van der Waals surface area contributed by atoms with Crippen LogP contribution in [-0.4, -0.2) is 38.4 Å². The zero-order valence-corrected chi connectivity index (χ0v) is 9.42. The molecule has 0 aromatic carbocycles. The largest absolute Gasteiger partial charge is 0.383 e. The number of aliphatic imine (C=N–C) groups is 1. The van der Waals surface area contributed by atoms with E-state index in [0.29, 0.717) is 6.61 Å². The van der Waals surface area contributed by atoms with Gasteiger partial charge in [0.2, 0.25) is 0 Å². The van der Waals surface area contributed by atoms with E-state index in [-0.39, 0.29) is 0 Å². The highest BCUT2D eigenvalue weighted by Crippen LogP contribution is 2.07. The summed E-state index contributed by atoms with van der Waals surface area (Å²) in [6.07, 6.45) is 1.92. The number of likely N-dealkylation sites (N-methyl/N-ethyl adjacent to an activating group) is 1. The van der Waals surface area contributed by atoms with Gasteiger partial charge in [-0.25, -0.2) is 4.99 Å². The first-order valence-corrected chi connectivity index (χ1v) is 4.73. The lowest BCUT2D eigenvalue weighted by atomic mass is 10.3. The van der Waals surface area contributed by atoms with Crippen LogP contribution in [0.25, 0.3) is 0 Å². The summed E-state index contributed by atoms with van der Waals surface area (Å²) in [4.78, 5) is 6.08.